The van der Waals surface area contributed by atoms with Crippen LogP contribution in [0.25, 0.3) is 0 Å². The Morgan fingerprint density at radius 2 is 1.74 bits per heavy atom. The molecule has 2 aromatic rings. The fraction of sp³-hybridized carbons (Fsp3) is 0.364. The summed E-state index contributed by atoms with van der Waals surface area (Å²) in [7, 11) is 1.38. The van der Waals surface area contributed by atoms with Crippen LogP contribution in [0.2, 0.25) is 0 Å². The molecule has 0 heterocycles. The average Bonchev–Trinajstić information content (AvgIpc) is 2.67. The van der Waals surface area contributed by atoms with Gasteiger partial charge < -0.3 is 14.3 Å². The highest BCUT2D eigenvalue weighted by Gasteiger charge is 2.18. The minimum Gasteiger partial charge on any atom is -0.489 e. The normalized spacial score (nSPS) is 11.8. The standard InChI is InChI=1S/C22H27NO4/c1-6-22(3,4)18-11-13-19(14-12-18)26-15-17-9-7-8-10-20(17)27-21(24)16(2)23-25-5/h7-14H,6,15H2,1-5H3. The lowest BCUT2D eigenvalue weighted by atomic mass is 9.82. The Balaban J connectivity index is 2.06. The first kappa shape index (κ1) is 20.5. The van der Waals surface area contributed by atoms with E-state index < -0.39 is 5.97 Å². The summed E-state index contributed by atoms with van der Waals surface area (Å²) in [5.41, 5.74) is 2.33. The van der Waals surface area contributed by atoms with Gasteiger partial charge in [0.1, 0.15) is 25.2 Å². The lowest BCUT2D eigenvalue weighted by Gasteiger charge is -2.23. The van der Waals surface area contributed by atoms with Gasteiger partial charge in [-0.3, -0.25) is 0 Å². The molecule has 0 N–H and O–H groups in total. The molecule has 2 aromatic carbocycles. The quantitative estimate of drug-likeness (QED) is 0.288. The fourth-order valence-electron chi connectivity index (χ4n) is 2.44. The molecule has 0 saturated heterocycles. The number of nitrogens with zero attached hydrogens (tertiary/aromatic N) is 1. The molecule has 0 aromatic heterocycles. The molecular weight excluding hydrogens is 342 g/mol. The molecule has 0 saturated carbocycles. The smallest absolute Gasteiger partial charge is 0.361 e. The Bertz CT molecular complexity index is 794. The lowest BCUT2D eigenvalue weighted by Crippen LogP contribution is -2.18. The van der Waals surface area contributed by atoms with Crippen LogP contribution in [-0.4, -0.2) is 18.8 Å². The second kappa shape index (κ2) is 9.21. The average molecular weight is 369 g/mol. The zero-order valence-corrected chi connectivity index (χ0v) is 16.6. The van der Waals surface area contributed by atoms with E-state index in [1.807, 2.05) is 24.3 Å². The number of carbonyl (C=O) groups is 1. The maximum atomic E-state index is 12.0. The molecule has 0 atom stereocenters. The summed E-state index contributed by atoms with van der Waals surface area (Å²) in [6, 6.07) is 15.4. The van der Waals surface area contributed by atoms with Crippen LogP contribution in [0.5, 0.6) is 11.5 Å². The predicted octanol–water partition coefficient (Wildman–Crippen LogP) is 4.88. The summed E-state index contributed by atoms with van der Waals surface area (Å²) in [5.74, 6) is 0.649. The van der Waals surface area contributed by atoms with Crippen LogP contribution in [0.3, 0.4) is 0 Å². The largest absolute Gasteiger partial charge is 0.489 e. The van der Waals surface area contributed by atoms with Crippen LogP contribution in [0.4, 0.5) is 0 Å². The van der Waals surface area contributed by atoms with Crippen molar-refractivity contribution in [3.63, 3.8) is 0 Å². The number of hydrogen-bond acceptors (Lipinski definition) is 5. The van der Waals surface area contributed by atoms with Crippen molar-refractivity contribution < 1.29 is 19.1 Å². The van der Waals surface area contributed by atoms with Crippen LogP contribution in [0.15, 0.2) is 53.7 Å². The number of ether oxygens (including phenoxy) is 2. The minimum atomic E-state index is -0.560. The summed E-state index contributed by atoms with van der Waals surface area (Å²) in [6.45, 7) is 8.46. The Labute approximate surface area is 160 Å². The highest BCUT2D eigenvalue weighted by Crippen LogP contribution is 2.28. The van der Waals surface area contributed by atoms with Gasteiger partial charge in [0.2, 0.25) is 0 Å². The molecule has 0 fully saturated rings. The van der Waals surface area contributed by atoms with Gasteiger partial charge in [-0.2, -0.15) is 0 Å². The molecule has 0 radical (unpaired) electrons. The minimum absolute atomic E-state index is 0.140. The van der Waals surface area contributed by atoms with Crippen molar-refractivity contribution in [2.24, 2.45) is 5.16 Å². The van der Waals surface area contributed by atoms with E-state index in [2.05, 4.69) is 42.9 Å². The van der Waals surface area contributed by atoms with E-state index in [1.54, 1.807) is 12.1 Å². The molecule has 2 rings (SSSR count). The van der Waals surface area contributed by atoms with E-state index in [1.165, 1.54) is 19.6 Å². The summed E-state index contributed by atoms with van der Waals surface area (Å²) >= 11 is 0. The van der Waals surface area contributed by atoms with Crippen LogP contribution in [0.1, 0.15) is 45.2 Å². The monoisotopic (exact) mass is 369 g/mol. The van der Waals surface area contributed by atoms with E-state index >= 15 is 0 Å². The van der Waals surface area contributed by atoms with Gasteiger partial charge in [0.05, 0.1) is 0 Å². The summed E-state index contributed by atoms with van der Waals surface area (Å²) in [5, 5.41) is 3.59. The van der Waals surface area contributed by atoms with E-state index in [-0.39, 0.29) is 11.1 Å². The van der Waals surface area contributed by atoms with Crippen molar-refractivity contribution in [1.29, 1.82) is 0 Å². The van der Waals surface area contributed by atoms with Crippen molar-refractivity contribution in [3.05, 3.63) is 59.7 Å². The van der Waals surface area contributed by atoms with Crippen molar-refractivity contribution in [1.82, 2.24) is 0 Å². The van der Waals surface area contributed by atoms with E-state index in [0.717, 1.165) is 17.7 Å². The second-order valence-electron chi connectivity index (χ2n) is 6.91. The molecule has 0 aliphatic heterocycles. The number of esters is 1. The van der Waals surface area contributed by atoms with E-state index in [9.17, 15) is 4.79 Å². The highest BCUT2D eigenvalue weighted by molar-refractivity contribution is 6.35. The van der Waals surface area contributed by atoms with Crippen LogP contribution in [-0.2, 0) is 21.7 Å². The maximum Gasteiger partial charge on any atom is 0.361 e. The first-order chi connectivity index (χ1) is 12.9. The molecule has 0 unspecified atom stereocenters. The SMILES string of the molecule is CCC(C)(C)c1ccc(OCc2ccccc2OC(=O)C(C)=NOC)cc1. The first-order valence-electron chi connectivity index (χ1n) is 8.98. The summed E-state index contributed by atoms with van der Waals surface area (Å²) in [4.78, 5) is 16.6. The molecule has 0 amide bonds. The van der Waals surface area contributed by atoms with Gasteiger partial charge in [0, 0.05) is 5.56 Å². The summed E-state index contributed by atoms with van der Waals surface area (Å²) in [6.07, 6.45) is 1.07. The van der Waals surface area contributed by atoms with E-state index in [4.69, 9.17) is 9.47 Å². The predicted molar refractivity (Wildman–Crippen MR) is 106 cm³/mol. The fourth-order valence-corrected chi connectivity index (χ4v) is 2.44. The topological polar surface area (TPSA) is 57.1 Å². The van der Waals surface area contributed by atoms with Crippen molar-refractivity contribution in [3.8, 4) is 11.5 Å². The summed E-state index contributed by atoms with van der Waals surface area (Å²) < 4.78 is 11.3. The Hall–Kier alpha value is -2.82. The molecular formula is C22H27NO4. The van der Waals surface area contributed by atoms with Crippen LogP contribution in [0, 0.1) is 0 Å². The van der Waals surface area contributed by atoms with Gasteiger partial charge in [0.25, 0.3) is 0 Å². The molecule has 27 heavy (non-hydrogen) atoms. The van der Waals surface area contributed by atoms with Crippen molar-refractivity contribution in [2.75, 3.05) is 7.11 Å². The van der Waals surface area contributed by atoms with Crippen LogP contribution < -0.4 is 9.47 Å². The van der Waals surface area contributed by atoms with Crippen LogP contribution >= 0.6 is 0 Å². The second-order valence-corrected chi connectivity index (χ2v) is 6.91. The number of oxime groups is 1. The van der Waals surface area contributed by atoms with E-state index in [0.29, 0.717) is 12.4 Å². The number of rotatable bonds is 8. The van der Waals surface area contributed by atoms with Gasteiger partial charge in [-0.15, -0.1) is 0 Å². The lowest BCUT2D eigenvalue weighted by molar-refractivity contribution is -0.127. The first-order valence-corrected chi connectivity index (χ1v) is 8.98. The molecule has 0 aliphatic rings. The molecule has 5 nitrogen and oxygen atoms in total. The van der Waals surface area contributed by atoms with Gasteiger partial charge in [-0.05, 0) is 42.5 Å². The Morgan fingerprint density at radius 1 is 1.07 bits per heavy atom. The third-order valence-corrected chi connectivity index (χ3v) is 4.61. The van der Waals surface area contributed by atoms with Gasteiger partial charge in [-0.25, -0.2) is 4.79 Å². The van der Waals surface area contributed by atoms with Crippen molar-refractivity contribution >= 4 is 11.7 Å². The number of benzene rings is 2. The molecule has 5 heteroatoms. The molecule has 0 aliphatic carbocycles. The van der Waals surface area contributed by atoms with Gasteiger partial charge in [-0.1, -0.05) is 56.3 Å². The number of carbonyl (C=O) groups excluding carboxylic acids is 1. The zero-order valence-electron chi connectivity index (χ0n) is 16.6. The Morgan fingerprint density at radius 3 is 2.37 bits per heavy atom. The molecule has 144 valence electrons. The van der Waals surface area contributed by atoms with Gasteiger partial charge >= 0.3 is 5.97 Å². The number of hydrogen-bond donors (Lipinski definition) is 0. The maximum absolute atomic E-state index is 12.0. The van der Waals surface area contributed by atoms with Gasteiger partial charge in [0.15, 0.2) is 5.71 Å². The third kappa shape index (κ3) is 5.58. The highest BCUT2D eigenvalue weighted by atomic mass is 16.6. The molecule has 0 spiro atoms. The Kier molecular flexibility index (Phi) is 6.99. The zero-order chi connectivity index (χ0) is 19.9. The molecule has 0 bridgehead atoms. The van der Waals surface area contributed by atoms with Crippen molar-refractivity contribution in [2.45, 2.75) is 46.1 Å². The third-order valence-electron chi connectivity index (χ3n) is 4.61. The number of para-hydroxylation sites is 1.